The molecule has 0 aromatic heterocycles. The maximum absolute atomic E-state index is 13.5. The van der Waals surface area contributed by atoms with Crippen LogP contribution in [0.3, 0.4) is 0 Å². The Morgan fingerprint density at radius 3 is 2.54 bits per heavy atom. The fourth-order valence-corrected chi connectivity index (χ4v) is 4.05. The molecule has 9 heteroatoms. The number of imide groups is 1. The zero-order valence-electron chi connectivity index (χ0n) is 18.7. The Morgan fingerprint density at radius 1 is 1.06 bits per heavy atom. The molecule has 0 aliphatic carbocycles. The third-order valence-electron chi connectivity index (χ3n) is 5.13. The first-order valence-electron chi connectivity index (χ1n) is 10.8. The van der Waals surface area contributed by atoms with Crippen molar-refractivity contribution in [1.82, 2.24) is 10.2 Å². The molecule has 1 aliphatic rings. The summed E-state index contributed by atoms with van der Waals surface area (Å²) in [7, 11) is 0. The third-order valence-corrected chi connectivity index (χ3v) is 5.94. The first-order chi connectivity index (χ1) is 16.8. The summed E-state index contributed by atoms with van der Waals surface area (Å²) in [5.41, 5.74) is 2.13. The molecule has 1 N–H and O–H groups in total. The lowest BCUT2D eigenvalue weighted by Crippen LogP contribution is -2.30. The van der Waals surface area contributed by atoms with Gasteiger partial charge in [-0.15, -0.1) is 0 Å². The number of carbonyl (C=O) groups is 2. The minimum atomic E-state index is -0.504. The van der Waals surface area contributed by atoms with Crippen molar-refractivity contribution in [3.8, 4) is 11.5 Å². The van der Waals surface area contributed by atoms with E-state index in [4.69, 9.17) is 21.1 Å². The number of hydrogen-bond donors (Lipinski definition) is 1. The molecule has 1 fully saturated rings. The number of benzene rings is 3. The molecule has 0 unspecified atom stereocenters. The fourth-order valence-electron chi connectivity index (χ4n) is 3.51. The summed E-state index contributed by atoms with van der Waals surface area (Å²) in [6.07, 6.45) is 1.53. The lowest BCUT2D eigenvalue weighted by molar-refractivity contribution is -0.123. The summed E-state index contributed by atoms with van der Waals surface area (Å²) < 4.78 is 25.9. The van der Waals surface area contributed by atoms with Gasteiger partial charge in [-0.3, -0.25) is 9.69 Å². The van der Waals surface area contributed by atoms with Gasteiger partial charge in [-0.1, -0.05) is 51.8 Å². The average molecular weight is 560 g/mol. The molecule has 0 saturated carbocycles. The monoisotopic (exact) mass is 558 g/mol. The van der Waals surface area contributed by atoms with Crippen LogP contribution in [0.4, 0.5) is 9.18 Å². The van der Waals surface area contributed by atoms with Crippen molar-refractivity contribution < 1.29 is 23.5 Å². The van der Waals surface area contributed by atoms with Gasteiger partial charge in [0, 0.05) is 4.47 Å². The van der Waals surface area contributed by atoms with Gasteiger partial charge in [0.15, 0.2) is 11.5 Å². The zero-order chi connectivity index (χ0) is 24.9. The van der Waals surface area contributed by atoms with Crippen LogP contribution in [0.25, 0.3) is 6.08 Å². The number of hydrogen-bond acceptors (Lipinski definition) is 4. The molecule has 0 radical (unpaired) electrons. The molecular formula is C26H21BrClFN2O4. The Bertz CT molecular complexity index is 1300. The lowest BCUT2D eigenvalue weighted by atomic mass is 10.1. The van der Waals surface area contributed by atoms with Gasteiger partial charge < -0.3 is 14.8 Å². The molecule has 1 saturated heterocycles. The van der Waals surface area contributed by atoms with E-state index in [1.165, 1.54) is 18.2 Å². The average Bonchev–Trinajstić information content (AvgIpc) is 3.07. The number of rotatable bonds is 8. The molecule has 0 atom stereocenters. The Hall–Kier alpha value is -3.36. The van der Waals surface area contributed by atoms with Crippen LogP contribution in [0.5, 0.6) is 11.5 Å². The second kappa shape index (κ2) is 10.9. The molecule has 1 aliphatic heterocycles. The summed E-state index contributed by atoms with van der Waals surface area (Å²) in [5, 5.41) is 2.86. The summed E-state index contributed by atoms with van der Waals surface area (Å²) in [5.74, 6) is -0.134. The highest BCUT2D eigenvalue weighted by Gasteiger charge is 2.33. The van der Waals surface area contributed by atoms with Crippen molar-refractivity contribution in [3.05, 3.63) is 98.4 Å². The minimum Gasteiger partial charge on any atom is -0.490 e. The third kappa shape index (κ3) is 6.01. The maximum atomic E-state index is 13.5. The Labute approximate surface area is 215 Å². The van der Waals surface area contributed by atoms with Crippen LogP contribution in [0.2, 0.25) is 5.02 Å². The molecule has 6 nitrogen and oxygen atoms in total. The highest BCUT2D eigenvalue weighted by atomic mass is 79.9. The van der Waals surface area contributed by atoms with Gasteiger partial charge in [-0.05, 0) is 66.1 Å². The normalized spacial score (nSPS) is 14.4. The standard InChI is InChI=1S/C26H21BrClFN2O4/c1-2-34-23-13-18(11-21(28)24(23)35-15-17-4-3-5-20(29)10-17)12-22-25(32)31(26(33)30-22)14-16-6-8-19(27)9-7-16/h3-13H,2,14-15H2,1H3,(H,30,33)/b22-12+. The summed E-state index contributed by atoms with van der Waals surface area (Å²) in [4.78, 5) is 26.5. The van der Waals surface area contributed by atoms with E-state index >= 15 is 0 Å². The van der Waals surface area contributed by atoms with Crippen LogP contribution in [-0.2, 0) is 17.9 Å². The fraction of sp³-hybridized carbons (Fsp3) is 0.154. The maximum Gasteiger partial charge on any atom is 0.329 e. The molecule has 1 heterocycles. The van der Waals surface area contributed by atoms with Crippen molar-refractivity contribution >= 4 is 45.5 Å². The van der Waals surface area contributed by atoms with Crippen molar-refractivity contribution in [2.24, 2.45) is 0 Å². The van der Waals surface area contributed by atoms with Gasteiger partial charge in [0.1, 0.15) is 18.1 Å². The van der Waals surface area contributed by atoms with Crippen LogP contribution >= 0.6 is 27.5 Å². The first kappa shape index (κ1) is 24.8. The van der Waals surface area contributed by atoms with E-state index in [1.54, 1.807) is 24.3 Å². The van der Waals surface area contributed by atoms with Crippen LogP contribution in [0.1, 0.15) is 23.6 Å². The second-order valence-electron chi connectivity index (χ2n) is 7.69. The van der Waals surface area contributed by atoms with Gasteiger partial charge in [-0.2, -0.15) is 0 Å². The van der Waals surface area contributed by atoms with Crippen LogP contribution in [0, 0.1) is 5.82 Å². The molecular weight excluding hydrogens is 539 g/mol. The van der Waals surface area contributed by atoms with Gasteiger partial charge in [0.2, 0.25) is 0 Å². The highest BCUT2D eigenvalue weighted by Crippen LogP contribution is 2.38. The smallest absolute Gasteiger partial charge is 0.329 e. The molecule has 35 heavy (non-hydrogen) atoms. The Balaban J connectivity index is 1.55. The number of amides is 3. The number of ether oxygens (including phenoxy) is 2. The largest absolute Gasteiger partial charge is 0.490 e. The zero-order valence-corrected chi connectivity index (χ0v) is 21.0. The van der Waals surface area contributed by atoms with Crippen molar-refractivity contribution in [2.75, 3.05) is 6.61 Å². The highest BCUT2D eigenvalue weighted by molar-refractivity contribution is 9.10. The summed E-state index contributed by atoms with van der Waals surface area (Å²) >= 11 is 9.84. The summed E-state index contributed by atoms with van der Waals surface area (Å²) in [6.45, 7) is 2.41. The van der Waals surface area contributed by atoms with E-state index < -0.39 is 11.9 Å². The molecule has 4 rings (SSSR count). The SMILES string of the molecule is CCOc1cc(/C=C2/NC(=O)N(Cc3ccc(Br)cc3)C2=O)cc(Cl)c1OCc1cccc(F)c1. The number of urea groups is 1. The molecule has 3 amide bonds. The van der Waals surface area contributed by atoms with Crippen LogP contribution in [0.15, 0.2) is 70.8 Å². The minimum absolute atomic E-state index is 0.0948. The van der Waals surface area contributed by atoms with Crippen molar-refractivity contribution in [3.63, 3.8) is 0 Å². The van der Waals surface area contributed by atoms with Gasteiger partial charge in [-0.25, -0.2) is 9.18 Å². The van der Waals surface area contributed by atoms with E-state index in [9.17, 15) is 14.0 Å². The molecule has 0 spiro atoms. The van der Waals surface area contributed by atoms with Gasteiger partial charge in [0.25, 0.3) is 5.91 Å². The molecule has 180 valence electrons. The van der Waals surface area contributed by atoms with E-state index in [0.717, 1.165) is 14.9 Å². The van der Waals surface area contributed by atoms with E-state index in [1.807, 2.05) is 31.2 Å². The lowest BCUT2D eigenvalue weighted by Gasteiger charge is -2.15. The van der Waals surface area contributed by atoms with Crippen molar-refractivity contribution in [2.45, 2.75) is 20.1 Å². The number of nitrogens with one attached hydrogen (secondary N) is 1. The van der Waals surface area contributed by atoms with E-state index in [-0.39, 0.29) is 29.7 Å². The predicted molar refractivity (Wildman–Crippen MR) is 135 cm³/mol. The number of nitrogens with zero attached hydrogens (tertiary/aromatic N) is 1. The molecule has 3 aromatic rings. The second-order valence-corrected chi connectivity index (χ2v) is 9.01. The van der Waals surface area contributed by atoms with E-state index in [0.29, 0.717) is 29.2 Å². The number of halogens is 3. The first-order valence-corrected chi connectivity index (χ1v) is 11.9. The van der Waals surface area contributed by atoms with Crippen molar-refractivity contribution in [1.29, 1.82) is 0 Å². The quantitative estimate of drug-likeness (QED) is 0.259. The van der Waals surface area contributed by atoms with Crippen LogP contribution < -0.4 is 14.8 Å². The van der Waals surface area contributed by atoms with E-state index in [2.05, 4.69) is 21.2 Å². The van der Waals surface area contributed by atoms with Gasteiger partial charge in [0.05, 0.1) is 18.2 Å². The van der Waals surface area contributed by atoms with Crippen LogP contribution in [-0.4, -0.2) is 23.4 Å². The molecule has 3 aromatic carbocycles. The Kier molecular flexibility index (Phi) is 7.73. The predicted octanol–water partition coefficient (Wildman–Crippen LogP) is 6.31. The Morgan fingerprint density at radius 2 is 1.83 bits per heavy atom. The van der Waals surface area contributed by atoms with Gasteiger partial charge >= 0.3 is 6.03 Å². The number of carbonyl (C=O) groups excluding carboxylic acids is 2. The topological polar surface area (TPSA) is 67.9 Å². The molecule has 0 bridgehead atoms. The summed E-state index contributed by atoms with van der Waals surface area (Å²) in [6, 6.07) is 16.2.